The Labute approximate surface area is 126 Å². The second kappa shape index (κ2) is 5.07. The minimum atomic E-state index is 0.991. The monoisotopic (exact) mass is 275 g/mol. The van der Waals surface area contributed by atoms with Gasteiger partial charge in [-0.05, 0) is 60.4 Å². The predicted octanol–water partition coefficient (Wildman–Crippen LogP) is 4.35. The number of aryl methyl sites for hydroxylation is 1. The van der Waals surface area contributed by atoms with E-state index in [1.165, 1.54) is 47.2 Å². The van der Waals surface area contributed by atoms with Crippen molar-refractivity contribution in [3.63, 3.8) is 0 Å². The number of fused-ring (bicyclic) bond motifs is 5. The van der Waals surface area contributed by atoms with Gasteiger partial charge in [-0.15, -0.1) is 0 Å². The van der Waals surface area contributed by atoms with E-state index in [2.05, 4.69) is 54.7 Å². The summed E-state index contributed by atoms with van der Waals surface area (Å²) in [7, 11) is 0. The van der Waals surface area contributed by atoms with Crippen molar-refractivity contribution in [2.45, 2.75) is 32.6 Å². The highest BCUT2D eigenvalue weighted by atomic mass is 14.9. The fourth-order valence-electron chi connectivity index (χ4n) is 3.86. The lowest BCUT2D eigenvalue weighted by Gasteiger charge is -2.27. The molecule has 1 nitrogen and oxygen atoms in total. The van der Waals surface area contributed by atoms with Gasteiger partial charge in [-0.25, -0.2) is 0 Å². The van der Waals surface area contributed by atoms with Crippen LogP contribution >= 0.6 is 0 Å². The predicted molar refractivity (Wildman–Crippen MR) is 89.3 cm³/mol. The quantitative estimate of drug-likeness (QED) is 0.859. The van der Waals surface area contributed by atoms with E-state index in [4.69, 9.17) is 0 Å². The molecule has 0 saturated heterocycles. The van der Waals surface area contributed by atoms with Gasteiger partial charge in [0.15, 0.2) is 0 Å². The standard InChI is InChI=1S/C20H21N/c1-2-21-20-9-5-8-16-18-11-10-14-6-3-4-7-15(14)17(18)12-13-19(16)20/h3-4,6-7,9,12-13,21H,2,5,8,10-11H2,1H3. The summed E-state index contributed by atoms with van der Waals surface area (Å²) >= 11 is 0. The van der Waals surface area contributed by atoms with Gasteiger partial charge in [0.25, 0.3) is 0 Å². The fraction of sp³-hybridized carbons (Fsp3) is 0.300. The smallest absolute Gasteiger partial charge is 0.0376 e. The molecule has 2 aromatic rings. The third-order valence-electron chi connectivity index (χ3n) is 4.78. The highest BCUT2D eigenvalue weighted by Crippen LogP contribution is 2.39. The molecular formula is C20H21N. The Kier molecular flexibility index (Phi) is 3.07. The Morgan fingerprint density at radius 1 is 0.857 bits per heavy atom. The molecule has 0 radical (unpaired) electrons. The average Bonchev–Trinajstić information content (AvgIpc) is 2.55. The largest absolute Gasteiger partial charge is 0.385 e. The van der Waals surface area contributed by atoms with E-state index in [1.807, 2.05) is 0 Å². The zero-order valence-electron chi connectivity index (χ0n) is 12.6. The van der Waals surface area contributed by atoms with E-state index in [9.17, 15) is 0 Å². The first-order valence-electron chi connectivity index (χ1n) is 8.06. The van der Waals surface area contributed by atoms with E-state index in [1.54, 1.807) is 11.1 Å². The summed E-state index contributed by atoms with van der Waals surface area (Å²) in [4.78, 5) is 0. The maximum atomic E-state index is 3.53. The van der Waals surface area contributed by atoms with Gasteiger partial charge in [0.1, 0.15) is 0 Å². The van der Waals surface area contributed by atoms with Crippen LogP contribution in [0.3, 0.4) is 0 Å². The highest BCUT2D eigenvalue weighted by Gasteiger charge is 2.22. The van der Waals surface area contributed by atoms with E-state index in [0.717, 1.165) is 13.0 Å². The molecule has 106 valence electrons. The minimum absolute atomic E-state index is 0.991. The topological polar surface area (TPSA) is 12.0 Å². The van der Waals surface area contributed by atoms with Gasteiger partial charge in [-0.3, -0.25) is 0 Å². The lowest BCUT2D eigenvalue weighted by Crippen LogP contribution is -2.18. The molecule has 2 aromatic carbocycles. The molecule has 0 fully saturated rings. The number of benzene rings is 2. The molecule has 1 heteroatoms. The summed E-state index contributed by atoms with van der Waals surface area (Å²) in [6.07, 6.45) is 7.08. The van der Waals surface area contributed by atoms with Gasteiger partial charge in [-0.1, -0.05) is 42.5 Å². The molecule has 0 aliphatic heterocycles. The summed E-state index contributed by atoms with van der Waals surface area (Å²) < 4.78 is 0. The van der Waals surface area contributed by atoms with Crippen molar-refractivity contribution < 1.29 is 0 Å². The summed E-state index contributed by atoms with van der Waals surface area (Å²) in [5, 5.41) is 3.53. The summed E-state index contributed by atoms with van der Waals surface area (Å²) in [6, 6.07) is 13.5. The average molecular weight is 275 g/mol. The van der Waals surface area contributed by atoms with Crippen LogP contribution in [0.2, 0.25) is 0 Å². The molecule has 0 spiro atoms. The Morgan fingerprint density at radius 2 is 1.67 bits per heavy atom. The Bertz CT molecular complexity index is 725. The number of rotatable bonds is 2. The van der Waals surface area contributed by atoms with Crippen LogP contribution in [0.5, 0.6) is 0 Å². The van der Waals surface area contributed by atoms with Crippen molar-refractivity contribution in [3.05, 3.63) is 64.7 Å². The minimum Gasteiger partial charge on any atom is -0.385 e. The van der Waals surface area contributed by atoms with Crippen molar-refractivity contribution in [2.24, 2.45) is 0 Å². The molecule has 2 aliphatic rings. The van der Waals surface area contributed by atoms with Crippen LogP contribution in [0.4, 0.5) is 0 Å². The SMILES string of the molecule is CCNC1=CCCc2c1ccc1c2CCc2ccccc2-1. The lowest BCUT2D eigenvalue weighted by atomic mass is 9.79. The van der Waals surface area contributed by atoms with E-state index < -0.39 is 0 Å². The second-order valence-electron chi connectivity index (χ2n) is 5.96. The van der Waals surface area contributed by atoms with Crippen molar-refractivity contribution in [3.8, 4) is 11.1 Å². The fourth-order valence-corrected chi connectivity index (χ4v) is 3.86. The zero-order chi connectivity index (χ0) is 14.2. The first kappa shape index (κ1) is 12.7. The van der Waals surface area contributed by atoms with Crippen LogP contribution in [0, 0.1) is 0 Å². The zero-order valence-corrected chi connectivity index (χ0v) is 12.6. The lowest BCUT2D eigenvalue weighted by molar-refractivity contribution is 0.859. The van der Waals surface area contributed by atoms with E-state index in [0.29, 0.717) is 0 Å². The second-order valence-corrected chi connectivity index (χ2v) is 5.96. The van der Waals surface area contributed by atoms with Crippen LogP contribution < -0.4 is 5.32 Å². The van der Waals surface area contributed by atoms with Gasteiger partial charge < -0.3 is 5.32 Å². The molecule has 0 heterocycles. The van der Waals surface area contributed by atoms with Gasteiger partial charge >= 0.3 is 0 Å². The van der Waals surface area contributed by atoms with Crippen LogP contribution in [0.1, 0.15) is 35.6 Å². The molecule has 21 heavy (non-hydrogen) atoms. The van der Waals surface area contributed by atoms with Crippen molar-refractivity contribution in [1.29, 1.82) is 0 Å². The maximum Gasteiger partial charge on any atom is 0.0376 e. The van der Waals surface area contributed by atoms with Gasteiger partial charge in [0.05, 0.1) is 0 Å². The summed E-state index contributed by atoms with van der Waals surface area (Å²) in [6.45, 7) is 3.16. The highest BCUT2D eigenvalue weighted by molar-refractivity contribution is 5.79. The molecule has 0 atom stereocenters. The molecule has 0 unspecified atom stereocenters. The Morgan fingerprint density at radius 3 is 2.57 bits per heavy atom. The number of hydrogen-bond acceptors (Lipinski definition) is 1. The molecule has 4 rings (SSSR count). The first-order valence-corrected chi connectivity index (χ1v) is 8.06. The first-order chi connectivity index (χ1) is 10.4. The van der Waals surface area contributed by atoms with Gasteiger partial charge in [0.2, 0.25) is 0 Å². The van der Waals surface area contributed by atoms with Crippen LogP contribution in [-0.2, 0) is 19.3 Å². The maximum absolute atomic E-state index is 3.53. The van der Waals surface area contributed by atoms with Crippen LogP contribution in [0.15, 0.2) is 42.5 Å². The van der Waals surface area contributed by atoms with Crippen molar-refractivity contribution in [1.82, 2.24) is 5.32 Å². The third kappa shape index (κ3) is 1.99. The molecule has 2 aliphatic carbocycles. The van der Waals surface area contributed by atoms with Crippen molar-refractivity contribution in [2.75, 3.05) is 6.54 Å². The van der Waals surface area contributed by atoms with Crippen molar-refractivity contribution >= 4 is 5.70 Å². The molecular weight excluding hydrogens is 254 g/mol. The summed E-state index contributed by atoms with van der Waals surface area (Å²) in [5.41, 5.74) is 10.4. The Hall–Kier alpha value is -2.02. The third-order valence-corrected chi connectivity index (χ3v) is 4.78. The number of hydrogen-bond donors (Lipinski definition) is 1. The number of nitrogens with one attached hydrogen (secondary N) is 1. The molecule has 1 N–H and O–H groups in total. The van der Waals surface area contributed by atoms with Crippen LogP contribution in [-0.4, -0.2) is 6.54 Å². The summed E-state index contributed by atoms with van der Waals surface area (Å²) in [5.74, 6) is 0. The van der Waals surface area contributed by atoms with E-state index >= 15 is 0 Å². The van der Waals surface area contributed by atoms with E-state index in [-0.39, 0.29) is 0 Å². The van der Waals surface area contributed by atoms with Gasteiger partial charge in [-0.2, -0.15) is 0 Å². The molecule has 0 saturated carbocycles. The normalized spacial score (nSPS) is 15.6. The molecule has 0 bridgehead atoms. The Balaban J connectivity index is 1.88. The van der Waals surface area contributed by atoms with Crippen LogP contribution in [0.25, 0.3) is 16.8 Å². The molecule has 0 aromatic heterocycles. The molecule has 0 amide bonds. The van der Waals surface area contributed by atoms with Gasteiger partial charge in [0, 0.05) is 17.8 Å². The number of allylic oxidation sites excluding steroid dienone is 1.